The highest BCUT2D eigenvalue weighted by Crippen LogP contribution is 2.14. The summed E-state index contributed by atoms with van der Waals surface area (Å²) in [6.45, 7) is 1.56. The summed E-state index contributed by atoms with van der Waals surface area (Å²) in [6.07, 6.45) is 2.44. The van der Waals surface area contributed by atoms with Gasteiger partial charge in [-0.3, -0.25) is 4.79 Å². The first kappa shape index (κ1) is 14.7. The quantitative estimate of drug-likeness (QED) is 0.819. The van der Waals surface area contributed by atoms with E-state index in [1.807, 2.05) is 24.1 Å². The molecule has 3 N–H and O–H groups in total. The summed E-state index contributed by atoms with van der Waals surface area (Å²) in [5.41, 5.74) is 6.60. The number of thiocarbonyl (C=S) groups is 1. The van der Waals surface area contributed by atoms with Gasteiger partial charge in [0.1, 0.15) is 0 Å². The molecule has 5 nitrogen and oxygen atoms in total. The minimum Gasteiger partial charge on any atom is -0.376 e. The molecule has 1 aromatic carbocycles. The molecule has 1 saturated heterocycles. The number of nitrogens with one attached hydrogen (secondary N) is 1. The molecule has 2 rings (SSSR count). The Morgan fingerprint density at radius 2 is 2.20 bits per heavy atom. The summed E-state index contributed by atoms with van der Waals surface area (Å²) in [6, 6.07) is 7.02. The Morgan fingerprint density at radius 3 is 2.75 bits per heavy atom. The number of ether oxygens (including phenoxy) is 1. The van der Waals surface area contributed by atoms with Crippen molar-refractivity contribution >= 4 is 28.9 Å². The SMILES string of the molecule is CN(C(=S)NC[C@@H]1CCCO1)c1ccc(C(N)=O)cc1. The third-order valence-electron chi connectivity index (χ3n) is 3.35. The molecule has 1 atom stereocenters. The van der Waals surface area contributed by atoms with Gasteiger partial charge >= 0.3 is 0 Å². The molecule has 0 radical (unpaired) electrons. The van der Waals surface area contributed by atoms with Gasteiger partial charge < -0.3 is 20.7 Å². The smallest absolute Gasteiger partial charge is 0.248 e. The summed E-state index contributed by atoms with van der Waals surface area (Å²) in [4.78, 5) is 12.9. The zero-order chi connectivity index (χ0) is 14.5. The molecule has 0 aliphatic carbocycles. The second-order valence-corrected chi connectivity index (χ2v) is 5.18. The van der Waals surface area contributed by atoms with Crippen LogP contribution in [0.3, 0.4) is 0 Å². The average molecular weight is 293 g/mol. The van der Waals surface area contributed by atoms with Gasteiger partial charge in [0.25, 0.3) is 0 Å². The molecule has 1 aliphatic heterocycles. The Morgan fingerprint density at radius 1 is 1.50 bits per heavy atom. The molecule has 0 aromatic heterocycles. The highest BCUT2D eigenvalue weighted by Gasteiger charge is 2.16. The van der Waals surface area contributed by atoms with Crippen molar-refractivity contribution in [1.82, 2.24) is 5.32 Å². The number of nitrogens with zero attached hydrogens (tertiary/aromatic N) is 1. The number of hydrogen-bond acceptors (Lipinski definition) is 3. The predicted octanol–water partition coefficient (Wildman–Crippen LogP) is 1.28. The molecule has 108 valence electrons. The maximum atomic E-state index is 11.0. The van der Waals surface area contributed by atoms with Gasteiger partial charge in [0.2, 0.25) is 5.91 Å². The first-order chi connectivity index (χ1) is 9.58. The number of nitrogens with two attached hydrogens (primary N) is 1. The van der Waals surface area contributed by atoms with Crippen LogP contribution in [-0.2, 0) is 4.74 Å². The number of carbonyl (C=O) groups is 1. The van der Waals surface area contributed by atoms with Crippen LogP contribution < -0.4 is 16.0 Å². The fraction of sp³-hybridized carbons (Fsp3) is 0.429. The molecule has 1 heterocycles. The van der Waals surface area contributed by atoms with Crippen molar-refractivity contribution in [2.45, 2.75) is 18.9 Å². The van der Waals surface area contributed by atoms with E-state index in [9.17, 15) is 4.79 Å². The monoisotopic (exact) mass is 293 g/mol. The van der Waals surface area contributed by atoms with Crippen molar-refractivity contribution in [3.8, 4) is 0 Å². The average Bonchev–Trinajstić information content (AvgIpc) is 2.97. The number of primary amides is 1. The van der Waals surface area contributed by atoms with E-state index in [1.165, 1.54) is 0 Å². The standard InChI is InChI=1S/C14H19N3O2S/c1-17(11-6-4-10(5-7-11)13(15)18)14(20)16-9-12-3-2-8-19-12/h4-7,12H,2-3,8-9H2,1H3,(H2,15,18)(H,16,20)/t12-/m0/s1. The van der Waals surface area contributed by atoms with Gasteiger partial charge in [-0.05, 0) is 49.3 Å². The summed E-state index contributed by atoms with van der Waals surface area (Å²) < 4.78 is 5.54. The highest BCUT2D eigenvalue weighted by atomic mass is 32.1. The van der Waals surface area contributed by atoms with Gasteiger partial charge in [0.05, 0.1) is 6.10 Å². The largest absolute Gasteiger partial charge is 0.376 e. The lowest BCUT2D eigenvalue weighted by Gasteiger charge is -2.22. The van der Waals surface area contributed by atoms with E-state index in [0.29, 0.717) is 10.7 Å². The van der Waals surface area contributed by atoms with Crippen molar-refractivity contribution in [3.63, 3.8) is 0 Å². The van der Waals surface area contributed by atoms with Crippen LogP contribution in [0.5, 0.6) is 0 Å². The molecular formula is C14H19N3O2S. The van der Waals surface area contributed by atoms with Gasteiger partial charge in [0.15, 0.2) is 5.11 Å². The van der Waals surface area contributed by atoms with Crippen LogP contribution in [0.25, 0.3) is 0 Å². The van der Waals surface area contributed by atoms with E-state index in [-0.39, 0.29) is 6.10 Å². The number of carbonyl (C=O) groups excluding carboxylic acids is 1. The van der Waals surface area contributed by atoms with E-state index in [0.717, 1.165) is 31.7 Å². The molecule has 0 unspecified atom stereocenters. The minimum absolute atomic E-state index is 0.249. The first-order valence-electron chi connectivity index (χ1n) is 6.61. The van der Waals surface area contributed by atoms with E-state index < -0.39 is 5.91 Å². The lowest BCUT2D eigenvalue weighted by Crippen LogP contribution is -2.40. The van der Waals surface area contributed by atoms with Crippen molar-refractivity contribution in [3.05, 3.63) is 29.8 Å². The molecule has 0 bridgehead atoms. The Bertz CT molecular complexity index is 484. The van der Waals surface area contributed by atoms with Gasteiger partial charge in [-0.15, -0.1) is 0 Å². The van der Waals surface area contributed by atoms with Crippen molar-refractivity contribution < 1.29 is 9.53 Å². The minimum atomic E-state index is -0.432. The zero-order valence-electron chi connectivity index (χ0n) is 11.5. The van der Waals surface area contributed by atoms with Gasteiger partial charge in [0, 0.05) is 31.5 Å². The van der Waals surface area contributed by atoms with E-state index in [1.54, 1.807) is 12.1 Å². The van der Waals surface area contributed by atoms with Crippen LogP contribution in [0.15, 0.2) is 24.3 Å². The third-order valence-corrected chi connectivity index (χ3v) is 3.77. The summed E-state index contributed by atoms with van der Waals surface area (Å²) in [5.74, 6) is -0.432. The summed E-state index contributed by atoms with van der Waals surface area (Å²) in [7, 11) is 1.88. The lowest BCUT2D eigenvalue weighted by molar-refractivity contribution is 0.1000. The Kier molecular flexibility index (Phi) is 4.92. The number of anilines is 1. The second-order valence-electron chi connectivity index (χ2n) is 4.79. The maximum Gasteiger partial charge on any atom is 0.248 e. The first-order valence-corrected chi connectivity index (χ1v) is 7.02. The van der Waals surface area contributed by atoms with Gasteiger partial charge in [-0.2, -0.15) is 0 Å². The van der Waals surface area contributed by atoms with Crippen molar-refractivity contribution in [2.75, 3.05) is 25.1 Å². The predicted molar refractivity (Wildman–Crippen MR) is 82.9 cm³/mol. The van der Waals surface area contributed by atoms with Gasteiger partial charge in [-0.25, -0.2) is 0 Å². The molecule has 1 fully saturated rings. The topological polar surface area (TPSA) is 67.6 Å². The molecule has 0 spiro atoms. The third kappa shape index (κ3) is 3.68. The van der Waals surface area contributed by atoms with Crippen LogP contribution in [0.2, 0.25) is 0 Å². The second kappa shape index (κ2) is 6.67. The fourth-order valence-corrected chi connectivity index (χ4v) is 2.28. The van der Waals surface area contributed by atoms with E-state index in [4.69, 9.17) is 22.7 Å². The molecule has 0 saturated carbocycles. The Hall–Kier alpha value is -1.66. The normalized spacial score (nSPS) is 17.8. The molecular weight excluding hydrogens is 274 g/mol. The fourth-order valence-electron chi connectivity index (χ4n) is 2.09. The van der Waals surface area contributed by atoms with Crippen LogP contribution >= 0.6 is 12.2 Å². The van der Waals surface area contributed by atoms with Crippen molar-refractivity contribution in [1.29, 1.82) is 0 Å². The van der Waals surface area contributed by atoms with Crippen LogP contribution in [0, 0.1) is 0 Å². The zero-order valence-corrected chi connectivity index (χ0v) is 12.3. The van der Waals surface area contributed by atoms with E-state index in [2.05, 4.69) is 5.32 Å². The summed E-state index contributed by atoms with van der Waals surface area (Å²) >= 11 is 5.35. The number of hydrogen-bond donors (Lipinski definition) is 2. The summed E-state index contributed by atoms with van der Waals surface area (Å²) in [5, 5.41) is 3.83. The van der Waals surface area contributed by atoms with Crippen molar-refractivity contribution in [2.24, 2.45) is 5.73 Å². The Labute approximate surface area is 124 Å². The van der Waals surface area contributed by atoms with Gasteiger partial charge in [-0.1, -0.05) is 0 Å². The Balaban J connectivity index is 1.90. The molecule has 20 heavy (non-hydrogen) atoms. The van der Waals surface area contributed by atoms with E-state index >= 15 is 0 Å². The number of benzene rings is 1. The molecule has 1 aliphatic rings. The molecule has 1 amide bonds. The highest BCUT2D eigenvalue weighted by molar-refractivity contribution is 7.80. The maximum absolute atomic E-state index is 11.0. The molecule has 1 aromatic rings. The van der Waals surface area contributed by atoms with Crippen LogP contribution in [0.4, 0.5) is 5.69 Å². The van der Waals surface area contributed by atoms with Crippen LogP contribution in [0.1, 0.15) is 23.2 Å². The van der Waals surface area contributed by atoms with Crippen LogP contribution in [-0.4, -0.2) is 37.3 Å². The lowest BCUT2D eigenvalue weighted by atomic mass is 10.2. The number of amides is 1. The number of rotatable bonds is 4. The molecule has 6 heteroatoms.